The van der Waals surface area contributed by atoms with Crippen LogP contribution in [0.25, 0.3) is 11.6 Å². The lowest BCUT2D eigenvalue weighted by molar-refractivity contribution is -0.141. The minimum Gasteiger partial charge on any atom is -0.505 e. The van der Waals surface area contributed by atoms with Crippen LogP contribution >= 0.6 is 0 Å². The van der Waals surface area contributed by atoms with Gasteiger partial charge in [0, 0.05) is 18.9 Å². The molecule has 4 aromatic carbocycles. The first kappa shape index (κ1) is 42.0. The minimum atomic E-state index is -2.98. The lowest BCUT2D eigenvalue weighted by atomic mass is 9.69. The molecule has 2 fully saturated rings. The third-order valence-corrected chi connectivity index (χ3v) is 17.4. The Morgan fingerprint density at radius 2 is 1.51 bits per heavy atom. The Morgan fingerprint density at radius 3 is 2.12 bits per heavy atom. The molecule has 59 heavy (non-hydrogen) atoms. The number of aliphatic carboxylic acids is 1. The summed E-state index contributed by atoms with van der Waals surface area (Å²) in [6, 6.07) is 35.2. The number of hydrogen-bond donors (Lipinski definition) is 2. The van der Waals surface area contributed by atoms with Crippen molar-refractivity contribution in [3.63, 3.8) is 0 Å². The van der Waals surface area contributed by atoms with Crippen LogP contribution in [0.2, 0.25) is 5.04 Å². The predicted octanol–water partition coefficient (Wildman–Crippen LogP) is 8.39. The van der Waals surface area contributed by atoms with E-state index in [9.17, 15) is 23.9 Å². The molecule has 0 spiro atoms. The summed E-state index contributed by atoms with van der Waals surface area (Å²) in [6.45, 7) is 7.58. The zero-order valence-corrected chi connectivity index (χ0v) is 35.1. The monoisotopic (exact) mass is 815 g/mol. The second-order valence-electron chi connectivity index (χ2n) is 17.1. The number of phenols is 1. The second-order valence-corrected chi connectivity index (χ2v) is 21.4. The van der Waals surface area contributed by atoms with Crippen molar-refractivity contribution < 1.29 is 38.1 Å². The SMILES string of the molecule is CC(C)(C)[Si](OCC1=C2[C@@H](CC/C(=C/c3ccc(O)c(F)c3)c3ccccc3)OC[C@@H]2[C@@H]2C(=O)N(CCCCCC(=O)O)C(=O)[C@@H]2C1)(c1ccccc1)c1ccccc1. The molecule has 4 atom stereocenters. The number of unbranched alkanes of at least 4 members (excludes halogenated alkanes) is 2. The molecule has 2 heterocycles. The average molecular weight is 816 g/mol. The Balaban J connectivity index is 1.24. The molecular weight excluding hydrogens is 762 g/mol. The van der Waals surface area contributed by atoms with Crippen LogP contribution in [0.5, 0.6) is 5.75 Å². The Labute approximate surface area is 347 Å². The van der Waals surface area contributed by atoms with E-state index in [2.05, 4.69) is 69.3 Å². The predicted molar refractivity (Wildman–Crippen MR) is 230 cm³/mol. The Morgan fingerprint density at radius 1 is 0.864 bits per heavy atom. The molecule has 3 aliphatic rings. The molecule has 0 bridgehead atoms. The molecular formula is C49H54FNO7Si. The highest BCUT2D eigenvalue weighted by atomic mass is 28.4. The molecule has 0 unspecified atom stereocenters. The van der Waals surface area contributed by atoms with Gasteiger partial charge in [0.2, 0.25) is 11.8 Å². The van der Waals surface area contributed by atoms with Crippen LogP contribution in [0.15, 0.2) is 120 Å². The van der Waals surface area contributed by atoms with Crippen molar-refractivity contribution in [2.45, 2.75) is 76.9 Å². The zero-order valence-electron chi connectivity index (χ0n) is 34.1. The number of likely N-dealkylation sites (tertiary alicyclic amines) is 1. The number of ether oxygens (including phenoxy) is 1. The van der Waals surface area contributed by atoms with E-state index in [1.165, 1.54) is 17.0 Å². The number of phenolic OH excluding ortho intramolecular Hbond substituents is 1. The number of rotatable bonds is 16. The van der Waals surface area contributed by atoms with E-state index < -0.39 is 37.7 Å². The zero-order chi connectivity index (χ0) is 41.7. The number of carbonyl (C=O) groups excluding carboxylic acids is 2. The molecule has 2 aliphatic heterocycles. The van der Waals surface area contributed by atoms with Crippen molar-refractivity contribution in [2.24, 2.45) is 17.8 Å². The number of halogens is 1. The van der Waals surface area contributed by atoms with Crippen LogP contribution in [0.4, 0.5) is 4.39 Å². The molecule has 7 rings (SSSR count). The summed E-state index contributed by atoms with van der Waals surface area (Å²) in [5.41, 5.74) is 4.66. The van der Waals surface area contributed by atoms with Gasteiger partial charge in [-0.25, -0.2) is 4.39 Å². The fourth-order valence-corrected chi connectivity index (χ4v) is 14.2. The van der Waals surface area contributed by atoms with E-state index in [1.807, 2.05) is 48.5 Å². The highest BCUT2D eigenvalue weighted by Gasteiger charge is 2.57. The molecule has 2 amide bonds. The Hall–Kier alpha value is -5.16. The maximum Gasteiger partial charge on any atom is 0.303 e. The Kier molecular flexibility index (Phi) is 12.8. The number of carbonyl (C=O) groups is 3. The lowest BCUT2D eigenvalue weighted by Crippen LogP contribution is -2.66. The average Bonchev–Trinajstić information content (AvgIpc) is 3.75. The number of hydrogen-bond acceptors (Lipinski definition) is 6. The van der Waals surface area contributed by atoms with E-state index in [0.717, 1.165) is 32.7 Å². The number of imide groups is 1. The van der Waals surface area contributed by atoms with Gasteiger partial charge in [-0.1, -0.05) is 130 Å². The molecule has 0 radical (unpaired) electrons. The van der Waals surface area contributed by atoms with E-state index in [4.69, 9.17) is 14.3 Å². The summed E-state index contributed by atoms with van der Waals surface area (Å²) in [5, 5.41) is 21.0. The van der Waals surface area contributed by atoms with E-state index in [-0.39, 0.29) is 48.4 Å². The quantitative estimate of drug-likeness (QED) is 0.0384. The largest absolute Gasteiger partial charge is 0.505 e. The molecule has 2 N–H and O–H groups in total. The maximum absolute atomic E-state index is 14.5. The number of carboxylic acids is 1. The van der Waals surface area contributed by atoms with Gasteiger partial charge < -0.3 is 19.4 Å². The van der Waals surface area contributed by atoms with Gasteiger partial charge in [-0.15, -0.1) is 0 Å². The number of carboxylic acid groups (broad SMARTS) is 1. The normalized spacial score (nSPS) is 20.9. The van der Waals surface area contributed by atoms with Gasteiger partial charge >= 0.3 is 5.97 Å². The summed E-state index contributed by atoms with van der Waals surface area (Å²) in [7, 11) is -2.98. The van der Waals surface area contributed by atoms with Gasteiger partial charge in [-0.2, -0.15) is 0 Å². The minimum absolute atomic E-state index is 0.0585. The molecule has 10 heteroatoms. The number of aromatic hydroxyl groups is 1. The molecule has 1 aliphatic carbocycles. The third kappa shape index (κ3) is 8.76. The van der Waals surface area contributed by atoms with Gasteiger partial charge in [-0.3, -0.25) is 19.3 Å². The van der Waals surface area contributed by atoms with Gasteiger partial charge in [0.1, 0.15) is 0 Å². The van der Waals surface area contributed by atoms with E-state index in [0.29, 0.717) is 50.7 Å². The first-order valence-corrected chi connectivity index (χ1v) is 22.7. The van der Waals surface area contributed by atoms with Crippen LogP contribution < -0.4 is 10.4 Å². The molecule has 308 valence electrons. The lowest BCUT2D eigenvalue weighted by Gasteiger charge is -2.44. The number of fused-ring (bicyclic) bond motifs is 3. The van der Waals surface area contributed by atoms with Crippen LogP contribution in [-0.2, 0) is 23.5 Å². The highest BCUT2D eigenvalue weighted by Crippen LogP contribution is 2.51. The molecule has 8 nitrogen and oxygen atoms in total. The summed E-state index contributed by atoms with van der Waals surface area (Å²) in [5.74, 6) is -3.64. The summed E-state index contributed by atoms with van der Waals surface area (Å²) >= 11 is 0. The molecule has 0 aromatic heterocycles. The topological polar surface area (TPSA) is 113 Å². The fraction of sp³-hybridized carbons (Fsp3) is 0.367. The van der Waals surface area contributed by atoms with Crippen molar-refractivity contribution in [1.29, 1.82) is 0 Å². The first-order valence-electron chi connectivity index (χ1n) is 20.8. The van der Waals surface area contributed by atoms with Crippen molar-refractivity contribution in [2.75, 3.05) is 19.8 Å². The third-order valence-electron chi connectivity index (χ3n) is 12.4. The number of benzene rings is 4. The Bertz CT molecular complexity index is 2160. The van der Waals surface area contributed by atoms with Crippen molar-refractivity contribution in [3.8, 4) is 5.75 Å². The molecule has 0 saturated carbocycles. The standard InChI is InChI=1S/C49H54FNO7Si/c1-49(2,3)59(37-18-10-5-11-19-37,38-20-12-6-13-21-38)58-31-36-30-39-46(48(56)51(47(39)55)27-15-7-14-22-44(53)54)40-32-57-43(45(36)40)26-24-35(34-16-8-4-9-17-34)28-33-23-25-42(52)41(50)29-33/h4-6,8-13,16-21,23,25,28-29,39-40,43,46,52H,7,14-15,22,24,26-27,30-32H2,1-3H3,(H,53,54)/b35-28-/t39-,40+,43-,46-/m1/s1. The van der Waals surface area contributed by atoms with Gasteiger partial charge in [0.05, 0.1) is 31.2 Å². The molecule has 2 saturated heterocycles. The van der Waals surface area contributed by atoms with Crippen molar-refractivity contribution >= 4 is 48.1 Å². The van der Waals surface area contributed by atoms with Crippen LogP contribution in [-0.4, -0.2) is 67.1 Å². The van der Waals surface area contributed by atoms with Crippen LogP contribution in [0, 0.1) is 23.6 Å². The number of nitrogens with zero attached hydrogens (tertiary/aromatic N) is 1. The fourth-order valence-electron chi connectivity index (χ4n) is 9.62. The van der Waals surface area contributed by atoms with Gasteiger partial charge in [0.15, 0.2) is 11.6 Å². The van der Waals surface area contributed by atoms with E-state index in [1.54, 1.807) is 6.07 Å². The summed E-state index contributed by atoms with van der Waals surface area (Å²) in [6.07, 6.45) is 4.88. The number of amides is 2. The van der Waals surface area contributed by atoms with Gasteiger partial charge in [-0.05, 0) is 87.5 Å². The number of allylic oxidation sites excluding steroid dienone is 1. The van der Waals surface area contributed by atoms with Crippen LogP contribution in [0.3, 0.4) is 0 Å². The van der Waals surface area contributed by atoms with E-state index >= 15 is 0 Å². The van der Waals surface area contributed by atoms with Gasteiger partial charge in [0.25, 0.3) is 8.32 Å². The highest BCUT2D eigenvalue weighted by molar-refractivity contribution is 6.99. The molecule has 4 aromatic rings. The smallest absolute Gasteiger partial charge is 0.303 e. The second kappa shape index (κ2) is 18.0. The summed E-state index contributed by atoms with van der Waals surface area (Å²) < 4.78 is 28.7. The maximum atomic E-state index is 14.5. The summed E-state index contributed by atoms with van der Waals surface area (Å²) in [4.78, 5) is 40.9. The van der Waals surface area contributed by atoms with Crippen LogP contribution in [0.1, 0.15) is 76.8 Å². The van der Waals surface area contributed by atoms with Crippen molar-refractivity contribution in [1.82, 2.24) is 4.90 Å². The first-order chi connectivity index (χ1) is 28.4. The van der Waals surface area contributed by atoms with Crippen molar-refractivity contribution in [3.05, 3.63) is 137 Å².